The van der Waals surface area contributed by atoms with Gasteiger partial charge in [-0.25, -0.2) is 0 Å². The predicted octanol–water partition coefficient (Wildman–Crippen LogP) is 4.66. The van der Waals surface area contributed by atoms with Crippen molar-refractivity contribution in [3.05, 3.63) is 77.9 Å². The highest BCUT2D eigenvalue weighted by atomic mass is 16.5. The van der Waals surface area contributed by atoms with Crippen LogP contribution in [-0.2, 0) is 11.2 Å². The zero-order valence-corrected chi connectivity index (χ0v) is 14.7. The molecule has 0 aliphatic heterocycles. The van der Waals surface area contributed by atoms with E-state index in [0.717, 1.165) is 16.9 Å². The van der Waals surface area contributed by atoms with Crippen LogP contribution in [0.15, 0.2) is 66.7 Å². The first-order valence-corrected chi connectivity index (χ1v) is 8.58. The van der Waals surface area contributed by atoms with Gasteiger partial charge in [-0.15, -0.1) is 0 Å². The summed E-state index contributed by atoms with van der Waals surface area (Å²) in [7, 11) is 1.65. The van der Waals surface area contributed by atoms with Crippen LogP contribution in [-0.4, -0.2) is 13.0 Å². The number of ether oxygens (including phenoxy) is 1. The average molecular weight is 333 g/mol. The molecule has 1 atom stereocenters. The lowest BCUT2D eigenvalue weighted by Crippen LogP contribution is -2.27. The Morgan fingerprint density at radius 3 is 2.56 bits per heavy atom. The number of nitrogens with one attached hydrogen (secondary N) is 1. The second-order valence-electron chi connectivity index (χ2n) is 6.17. The molecule has 0 aromatic heterocycles. The van der Waals surface area contributed by atoms with E-state index in [4.69, 9.17) is 4.74 Å². The molecule has 1 amide bonds. The summed E-state index contributed by atoms with van der Waals surface area (Å²) >= 11 is 0. The SMILES string of the molecule is COc1ccccc1CCC(=O)NC(C)c1cccc2ccccc12. The van der Waals surface area contributed by atoms with Crippen LogP contribution in [0.5, 0.6) is 5.75 Å². The van der Waals surface area contributed by atoms with Gasteiger partial charge in [-0.2, -0.15) is 0 Å². The molecule has 0 heterocycles. The zero-order chi connectivity index (χ0) is 17.6. The highest BCUT2D eigenvalue weighted by Gasteiger charge is 2.13. The van der Waals surface area contributed by atoms with Crippen molar-refractivity contribution >= 4 is 16.7 Å². The number of rotatable bonds is 6. The number of fused-ring (bicyclic) bond motifs is 1. The molecule has 0 aliphatic rings. The third-order valence-electron chi connectivity index (χ3n) is 4.48. The topological polar surface area (TPSA) is 38.3 Å². The molecule has 0 fully saturated rings. The van der Waals surface area contributed by atoms with Crippen LogP contribution in [0, 0.1) is 0 Å². The Bertz CT molecular complexity index is 867. The number of methoxy groups -OCH3 is 1. The van der Waals surface area contributed by atoms with Crippen LogP contribution in [0.3, 0.4) is 0 Å². The van der Waals surface area contributed by atoms with Gasteiger partial charge in [0, 0.05) is 6.42 Å². The van der Waals surface area contributed by atoms with Gasteiger partial charge in [0.15, 0.2) is 0 Å². The van der Waals surface area contributed by atoms with E-state index < -0.39 is 0 Å². The number of aryl methyl sites for hydroxylation is 1. The molecule has 128 valence electrons. The van der Waals surface area contributed by atoms with Crippen molar-refractivity contribution < 1.29 is 9.53 Å². The number of para-hydroxylation sites is 1. The first-order chi connectivity index (χ1) is 12.2. The van der Waals surface area contributed by atoms with Gasteiger partial charge in [-0.3, -0.25) is 4.79 Å². The first kappa shape index (κ1) is 17.0. The molecule has 3 aromatic rings. The number of hydrogen-bond donors (Lipinski definition) is 1. The van der Waals surface area contributed by atoms with Crippen molar-refractivity contribution in [1.82, 2.24) is 5.32 Å². The molecule has 0 bridgehead atoms. The Labute approximate surface area is 148 Å². The zero-order valence-electron chi connectivity index (χ0n) is 14.7. The van der Waals surface area contributed by atoms with Crippen LogP contribution in [0.1, 0.15) is 30.5 Å². The van der Waals surface area contributed by atoms with E-state index >= 15 is 0 Å². The fraction of sp³-hybridized carbons (Fsp3) is 0.227. The van der Waals surface area contributed by atoms with E-state index in [1.807, 2.05) is 49.4 Å². The minimum absolute atomic E-state index is 0.0312. The van der Waals surface area contributed by atoms with E-state index in [1.54, 1.807) is 7.11 Å². The highest BCUT2D eigenvalue weighted by Crippen LogP contribution is 2.24. The quantitative estimate of drug-likeness (QED) is 0.712. The molecule has 0 radical (unpaired) electrons. The van der Waals surface area contributed by atoms with Gasteiger partial charge in [-0.05, 0) is 41.3 Å². The fourth-order valence-electron chi connectivity index (χ4n) is 3.18. The standard InChI is InChI=1S/C22H23NO2/c1-16(19-12-7-10-17-8-3-5-11-20(17)19)23-22(24)15-14-18-9-4-6-13-21(18)25-2/h3-13,16H,14-15H2,1-2H3,(H,23,24). The summed E-state index contributed by atoms with van der Waals surface area (Å²) < 4.78 is 5.34. The van der Waals surface area contributed by atoms with E-state index in [9.17, 15) is 4.79 Å². The number of benzene rings is 3. The molecule has 0 saturated heterocycles. The first-order valence-electron chi connectivity index (χ1n) is 8.58. The largest absolute Gasteiger partial charge is 0.496 e. The van der Waals surface area contributed by atoms with E-state index in [2.05, 4.69) is 29.6 Å². The summed E-state index contributed by atoms with van der Waals surface area (Å²) in [5.74, 6) is 0.878. The van der Waals surface area contributed by atoms with Gasteiger partial charge in [0.25, 0.3) is 0 Å². The summed E-state index contributed by atoms with van der Waals surface area (Å²) in [5, 5.41) is 5.49. The molecule has 1 N–H and O–H groups in total. The van der Waals surface area contributed by atoms with Gasteiger partial charge in [-0.1, -0.05) is 60.7 Å². The maximum absolute atomic E-state index is 12.4. The average Bonchev–Trinajstić information content (AvgIpc) is 2.66. The Morgan fingerprint density at radius 2 is 1.72 bits per heavy atom. The van der Waals surface area contributed by atoms with Gasteiger partial charge < -0.3 is 10.1 Å². The van der Waals surface area contributed by atoms with Crippen LogP contribution in [0.25, 0.3) is 10.8 Å². The summed E-state index contributed by atoms with van der Waals surface area (Å²) in [6.45, 7) is 2.03. The molecule has 1 unspecified atom stereocenters. The second kappa shape index (κ2) is 7.84. The van der Waals surface area contributed by atoms with Gasteiger partial charge in [0.1, 0.15) is 5.75 Å². The fourth-order valence-corrected chi connectivity index (χ4v) is 3.18. The molecular weight excluding hydrogens is 310 g/mol. The van der Waals surface area contributed by atoms with Gasteiger partial charge in [0.2, 0.25) is 5.91 Å². The normalized spacial score (nSPS) is 11.9. The lowest BCUT2D eigenvalue weighted by atomic mass is 9.99. The van der Waals surface area contributed by atoms with E-state index in [-0.39, 0.29) is 11.9 Å². The summed E-state index contributed by atoms with van der Waals surface area (Å²) in [4.78, 5) is 12.4. The van der Waals surface area contributed by atoms with Crippen molar-refractivity contribution in [2.75, 3.05) is 7.11 Å². The van der Waals surface area contributed by atoms with Crippen molar-refractivity contribution in [2.24, 2.45) is 0 Å². The molecule has 0 spiro atoms. The Balaban J connectivity index is 1.66. The van der Waals surface area contributed by atoms with E-state index in [1.165, 1.54) is 10.8 Å². The smallest absolute Gasteiger partial charge is 0.220 e. The molecule has 25 heavy (non-hydrogen) atoms. The predicted molar refractivity (Wildman–Crippen MR) is 102 cm³/mol. The minimum Gasteiger partial charge on any atom is -0.496 e. The minimum atomic E-state index is -0.0312. The molecule has 3 rings (SSSR count). The highest BCUT2D eigenvalue weighted by molar-refractivity contribution is 5.86. The lowest BCUT2D eigenvalue weighted by Gasteiger charge is -2.17. The maximum atomic E-state index is 12.4. The number of carbonyl (C=O) groups is 1. The maximum Gasteiger partial charge on any atom is 0.220 e. The van der Waals surface area contributed by atoms with Crippen LogP contribution in [0.2, 0.25) is 0 Å². The summed E-state index contributed by atoms with van der Waals surface area (Å²) in [6, 6.07) is 22.3. The monoisotopic (exact) mass is 333 g/mol. The van der Waals surface area contributed by atoms with Gasteiger partial charge >= 0.3 is 0 Å². The van der Waals surface area contributed by atoms with Crippen LogP contribution in [0.4, 0.5) is 0 Å². The molecule has 0 saturated carbocycles. The summed E-state index contributed by atoms with van der Waals surface area (Å²) in [5.41, 5.74) is 2.20. The molecule has 3 aromatic carbocycles. The van der Waals surface area contributed by atoms with Crippen molar-refractivity contribution in [3.8, 4) is 5.75 Å². The molecule has 3 nitrogen and oxygen atoms in total. The number of amides is 1. The Morgan fingerprint density at radius 1 is 1.00 bits per heavy atom. The molecule has 3 heteroatoms. The van der Waals surface area contributed by atoms with E-state index in [0.29, 0.717) is 12.8 Å². The van der Waals surface area contributed by atoms with Crippen molar-refractivity contribution in [2.45, 2.75) is 25.8 Å². The van der Waals surface area contributed by atoms with Crippen LogP contribution < -0.4 is 10.1 Å². The Hall–Kier alpha value is -2.81. The van der Waals surface area contributed by atoms with Crippen molar-refractivity contribution in [3.63, 3.8) is 0 Å². The third-order valence-corrected chi connectivity index (χ3v) is 4.48. The Kier molecular flexibility index (Phi) is 5.34. The van der Waals surface area contributed by atoms with Crippen molar-refractivity contribution in [1.29, 1.82) is 0 Å². The molecular formula is C22H23NO2. The summed E-state index contributed by atoms with van der Waals surface area (Å²) in [6.07, 6.45) is 1.10. The number of carbonyl (C=O) groups excluding carboxylic acids is 1. The third kappa shape index (κ3) is 4.00. The molecule has 0 aliphatic carbocycles. The van der Waals surface area contributed by atoms with Crippen LogP contribution >= 0.6 is 0 Å². The lowest BCUT2D eigenvalue weighted by molar-refractivity contribution is -0.121. The second-order valence-corrected chi connectivity index (χ2v) is 6.17. The van der Waals surface area contributed by atoms with Gasteiger partial charge in [0.05, 0.1) is 13.2 Å². The number of hydrogen-bond acceptors (Lipinski definition) is 2.